The molecule has 0 bridgehead atoms. The van der Waals surface area contributed by atoms with Crippen molar-refractivity contribution in [2.24, 2.45) is 10.9 Å². The van der Waals surface area contributed by atoms with E-state index in [0.29, 0.717) is 17.9 Å². The highest BCUT2D eigenvalue weighted by molar-refractivity contribution is 14.0. The number of ether oxygens (including phenoxy) is 1. The van der Waals surface area contributed by atoms with Gasteiger partial charge >= 0.3 is 6.55 Å². The van der Waals surface area contributed by atoms with Crippen LogP contribution >= 0.6 is 24.0 Å². The average Bonchev–Trinajstić information content (AvgIpc) is 3.10. The van der Waals surface area contributed by atoms with Crippen LogP contribution < -0.4 is 10.6 Å². The van der Waals surface area contributed by atoms with Crippen LogP contribution in [0.2, 0.25) is 0 Å². The van der Waals surface area contributed by atoms with E-state index in [1.54, 1.807) is 7.05 Å². The van der Waals surface area contributed by atoms with E-state index in [1.807, 2.05) is 0 Å². The number of alkyl halides is 2. The number of aromatic nitrogens is 2. The Balaban J connectivity index is 0.00000364. The number of halogens is 3. The molecular weight excluding hydrogens is 469 g/mol. The zero-order valence-corrected chi connectivity index (χ0v) is 18.5. The number of hydrogen-bond donors (Lipinski definition) is 2. The monoisotopic (exact) mass is 500 g/mol. The fourth-order valence-corrected chi connectivity index (χ4v) is 3.10. The predicted molar refractivity (Wildman–Crippen MR) is 113 cm³/mol. The summed E-state index contributed by atoms with van der Waals surface area (Å²) in [5.74, 6) is 1.43. The first-order valence-corrected chi connectivity index (χ1v) is 9.07. The lowest BCUT2D eigenvalue weighted by Crippen LogP contribution is -2.51. The van der Waals surface area contributed by atoms with Crippen molar-refractivity contribution in [2.45, 2.75) is 39.4 Å². The molecule has 1 atom stereocenters. The summed E-state index contributed by atoms with van der Waals surface area (Å²) in [5, 5.41) is 6.37. The quantitative estimate of drug-likeness (QED) is 0.326. The van der Waals surface area contributed by atoms with Crippen molar-refractivity contribution in [3.05, 3.63) is 18.2 Å². The van der Waals surface area contributed by atoms with Crippen molar-refractivity contribution < 1.29 is 13.5 Å². The van der Waals surface area contributed by atoms with Crippen molar-refractivity contribution in [3.63, 3.8) is 0 Å². The van der Waals surface area contributed by atoms with E-state index >= 15 is 0 Å². The molecule has 0 saturated carbocycles. The minimum atomic E-state index is -2.60. The lowest BCUT2D eigenvalue weighted by atomic mass is 10.0. The molecule has 1 fully saturated rings. The molecule has 10 heteroatoms. The first-order chi connectivity index (χ1) is 12.5. The number of nitrogens with zero attached hydrogens (tertiary/aromatic N) is 4. The van der Waals surface area contributed by atoms with E-state index in [2.05, 4.69) is 39.4 Å². The summed E-state index contributed by atoms with van der Waals surface area (Å²) in [4.78, 5) is 10.6. The van der Waals surface area contributed by atoms with Gasteiger partial charge in [-0.3, -0.25) is 14.5 Å². The molecule has 1 aliphatic rings. The van der Waals surface area contributed by atoms with E-state index in [4.69, 9.17) is 4.74 Å². The summed E-state index contributed by atoms with van der Waals surface area (Å²) in [5.41, 5.74) is 0. The summed E-state index contributed by atoms with van der Waals surface area (Å²) < 4.78 is 32.1. The number of aliphatic imine (C=N–C) groups is 1. The number of guanidine groups is 1. The Morgan fingerprint density at radius 1 is 1.30 bits per heavy atom. The fraction of sp³-hybridized carbons (Fsp3) is 0.765. The van der Waals surface area contributed by atoms with Crippen LogP contribution in [-0.4, -0.2) is 66.3 Å². The maximum absolute atomic E-state index is 12.9. The molecule has 27 heavy (non-hydrogen) atoms. The van der Waals surface area contributed by atoms with E-state index < -0.39 is 6.55 Å². The predicted octanol–water partition coefficient (Wildman–Crippen LogP) is 2.31. The van der Waals surface area contributed by atoms with Gasteiger partial charge in [0.15, 0.2) is 5.96 Å². The molecule has 0 radical (unpaired) electrons. The second-order valence-corrected chi connectivity index (χ2v) is 6.77. The zero-order valence-electron chi connectivity index (χ0n) is 16.2. The first kappa shape index (κ1) is 24.0. The molecule has 0 amide bonds. The van der Waals surface area contributed by atoms with Gasteiger partial charge in [-0.05, 0) is 12.3 Å². The van der Waals surface area contributed by atoms with Gasteiger partial charge in [-0.15, -0.1) is 24.0 Å². The summed E-state index contributed by atoms with van der Waals surface area (Å²) in [6.07, 6.45) is 3.71. The number of nitrogens with one attached hydrogen (secondary N) is 2. The van der Waals surface area contributed by atoms with Gasteiger partial charge < -0.3 is 15.4 Å². The molecule has 1 aromatic heterocycles. The van der Waals surface area contributed by atoms with Crippen LogP contribution in [0.5, 0.6) is 0 Å². The van der Waals surface area contributed by atoms with E-state index in [9.17, 15) is 8.78 Å². The van der Waals surface area contributed by atoms with Crippen molar-refractivity contribution >= 4 is 29.9 Å². The van der Waals surface area contributed by atoms with Crippen molar-refractivity contribution in [1.29, 1.82) is 0 Å². The Morgan fingerprint density at radius 3 is 2.59 bits per heavy atom. The van der Waals surface area contributed by atoms with E-state index in [1.165, 1.54) is 12.4 Å². The summed E-state index contributed by atoms with van der Waals surface area (Å²) in [7, 11) is 1.67. The van der Waals surface area contributed by atoms with E-state index in [0.717, 1.165) is 43.8 Å². The number of morpholine rings is 1. The maximum atomic E-state index is 12.9. The van der Waals surface area contributed by atoms with Gasteiger partial charge in [-0.1, -0.05) is 13.8 Å². The van der Waals surface area contributed by atoms with Crippen LogP contribution in [-0.2, 0) is 11.3 Å². The van der Waals surface area contributed by atoms with Crippen LogP contribution in [0.25, 0.3) is 0 Å². The molecule has 0 spiro atoms. The van der Waals surface area contributed by atoms with Crippen LogP contribution in [0, 0.1) is 5.92 Å². The van der Waals surface area contributed by atoms with Gasteiger partial charge in [0.1, 0.15) is 5.82 Å². The minimum Gasteiger partial charge on any atom is -0.379 e. The van der Waals surface area contributed by atoms with Gasteiger partial charge in [0, 0.05) is 45.1 Å². The Bertz CT molecular complexity index is 563. The number of rotatable bonds is 8. The summed E-state index contributed by atoms with van der Waals surface area (Å²) in [6, 6.07) is 0.375. The number of imidazole rings is 1. The lowest BCUT2D eigenvalue weighted by molar-refractivity contribution is 0.0132. The van der Waals surface area contributed by atoms with Crippen LogP contribution in [0.1, 0.15) is 32.6 Å². The molecule has 0 aromatic carbocycles. The zero-order chi connectivity index (χ0) is 18.9. The molecule has 2 N–H and O–H groups in total. The Hall–Kier alpha value is -1.01. The fourth-order valence-electron chi connectivity index (χ4n) is 3.10. The smallest absolute Gasteiger partial charge is 0.319 e. The normalized spacial score (nSPS) is 17.1. The standard InChI is InChI=1S/C17H30F2N6O.HI/c1-13(2)10-14(24-6-8-26-9-7-24)11-22-17(20-3)23-12-15-21-4-5-25(15)16(18)19;/h4-5,13-14,16H,6-12H2,1-3H3,(H2,20,22,23);1H. The van der Waals surface area contributed by atoms with Gasteiger partial charge in [0.05, 0.1) is 19.8 Å². The average molecular weight is 500 g/mol. The largest absolute Gasteiger partial charge is 0.379 e. The Kier molecular flexibility index (Phi) is 11.1. The van der Waals surface area contributed by atoms with E-state index in [-0.39, 0.29) is 36.3 Å². The molecule has 1 saturated heterocycles. The van der Waals surface area contributed by atoms with Gasteiger partial charge in [0.2, 0.25) is 0 Å². The highest BCUT2D eigenvalue weighted by atomic mass is 127. The minimum absolute atomic E-state index is 0. The Labute approximate surface area is 177 Å². The SMILES string of the molecule is CN=C(NCc1nccn1C(F)F)NCC(CC(C)C)N1CCOCC1.I. The van der Waals surface area contributed by atoms with Gasteiger partial charge in [-0.2, -0.15) is 8.78 Å². The molecule has 7 nitrogen and oxygen atoms in total. The highest BCUT2D eigenvalue weighted by Gasteiger charge is 2.22. The maximum Gasteiger partial charge on any atom is 0.319 e. The van der Waals surface area contributed by atoms with Crippen molar-refractivity contribution in [1.82, 2.24) is 25.1 Å². The lowest BCUT2D eigenvalue weighted by Gasteiger charge is -2.35. The van der Waals surface area contributed by atoms with Gasteiger partial charge in [-0.25, -0.2) is 4.98 Å². The van der Waals surface area contributed by atoms with Gasteiger partial charge in [0.25, 0.3) is 0 Å². The van der Waals surface area contributed by atoms with Crippen molar-refractivity contribution in [3.8, 4) is 0 Å². The highest BCUT2D eigenvalue weighted by Crippen LogP contribution is 2.13. The molecule has 156 valence electrons. The second kappa shape index (κ2) is 12.4. The molecule has 1 unspecified atom stereocenters. The van der Waals surface area contributed by atoms with Crippen LogP contribution in [0.3, 0.4) is 0 Å². The summed E-state index contributed by atoms with van der Waals surface area (Å²) >= 11 is 0. The van der Waals surface area contributed by atoms with Crippen LogP contribution in [0.15, 0.2) is 17.4 Å². The number of hydrogen-bond acceptors (Lipinski definition) is 4. The molecule has 2 heterocycles. The third-order valence-electron chi connectivity index (χ3n) is 4.41. The van der Waals surface area contributed by atoms with Crippen LogP contribution in [0.4, 0.5) is 8.78 Å². The van der Waals surface area contributed by atoms with Crippen molar-refractivity contribution in [2.75, 3.05) is 39.9 Å². The third kappa shape index (κ3) is 7.86. The molecular formula is C17H31F2IN6O. The third-order valence-corrected chi connectivity index (χ3v) is 4.41. The molecule has 1 aromatic rings. The summed E-state index contributed by atoms with van der Waals surface area (Å²) in [6.45, 7) is 6.13. The topological polar surface area (TPSA) is 66.7 Å². The first-order valence-electron chi connectivity index (χ1n) is 9.07. The Morgan fingerprint density at radius 2 is 2.00 bits per heavy atom. The second-order valence-electron chi connectivity index (χ2n) is 6.77. The molecule has 2 rings (SSSR count). The molecule has 0 aliphatic carbocycles. The molecule has 1 aliphatic heterocycles.